The van der Waals surface area contributed by atoms with Crippen molar-refractivity contribution < 1.29 is 4.39 Å². The van der Waals surface area contributed by atoms with Gasteiger partial charge in [0, 0.05) is 54.1 Å². The third-order valence-corrected chi connectivity index (χ3v) is 10.7. The maximum atomic E-state index is 16.0. The molecule has 0 fully saturated rings. The molecule has 7 aromatic carbocycles. The Morgan fingerprint density at radius 1 is 0.451 bits per heavy atom. The lowest BCUT2D eigenvalue weighted by molar-refractivity contribution is 0.631. The van der Waals surface area contributed by atoms with Crippen LogP contribution < -0.4 is 0 Å². The van der Waals surface area contributed by atoms with Gasteiger partial charge in [0.05, 0.1) is 21.4 Å². The summed E-state index contributed by atoms with van der Waals surface area (Å²) in [6, 6.07) is 54.5. The van der Waals surface area contributed by atoms with E-state index in [2.05, 4.69) is 71.3 Å². The molecule has 240 valence electrons. The number of fused-ring (bicyclic) bond motifs is 7. The molecule has 6 heteroatoms. The lowest BCUT2D eigenvalue weighted by Gasteiger charge is -2.17. The van der Waals surface area contributed by atoms with Crippen LogP contribution in [0.4, 0.5) is 4.39 Å². The molecule has 0 radical (unpaired) electrons. The minimum Gasteiger partial charge on any atom is -0.307 e. The summed E-state index contributed by atoms with van der Waals surface area (Å²) in [7, 11) is 0. The van der Waals surface area contributed by atoms with E-state index in [1.165, 1.54) is 26.2 Å². The van der Waals surface area contributed by atoms with Crippen molar-refractivity contribution in [2.45, 2.75) is 0 Å². The Morgan fingerprint density at radius 2 is 1.04 bits per heavy atom. The van der Waals surface area contributed by atoms with Crippen LogP contribution in [0.2, 0.25) is 0 Å². The molecule has 0 amide bonds. The van der Waals surface area contributed by atoms with Gasteiger partial charge in [-0.2, -0.15) is 0 Å². The van der Waals surface area contributed by atoms with Gasteiger partial charge in [0.15, 0.2) is 17.5 Å². The lowest BCUT2D eigenvalue weighted by Crippen LogP contribution is -2.02. The fourth-order valence-electron chi connectivity index (χ4n) is 7.18. The molecule has 0 aliphatic carbocycles. The molecule has 0 bridgehead atoms. The van der Waals surface area contributed by atoms with Crippen molar-refractivity contribution in [2.75, 3.05) is 0 Å². The Bertz CT molecular complexity index is 2870. The molecule has 3 aromatic heterocycles. The average Bonchev–Trinajstić information content (AvgIpc) is 3.74. The smallest absolute Gasteiger partial charge is 0.164 e. The van der Waals surface area contributed by atoms with Crippen LogP contribution in [0.3, 0.4) is 0 Å². The molecule has 10 rings (SSSR count). The number of aromatic nitrogens is 4. The highest BCUT2D eigenvalue weighted by molar-refractivity contribution is 7.26. The van der Waals surface area contributed by atoms with Crippen molar-refractivity contribution >= 4 is 53.3 Å². The van der Waals surface area contributed by atoms with Gasteiger partial charge in [0.1, 0.15) is 5.82 Å². The van der Waals surface area contributed by atoms with Gasteiger partial charge in [-0.1, -0.05) is 127 Å². The molecule has 0 atom stereocenters. The fourth-order valence-corrected chi connectivity index (χ4v) is 8.42. The second-order valence-corrected chi connectivity index (χ2v) is 13.6. The zero-order chi connectivity index (χ0) is 33.9. The Hall–Kier alpha value is -6.50. The van der Waals surface area contributed by atoms with Crippen LogP contribution in [0.1, 0.15) is 0 Å². The molecule has 0 aliphatic rings. The first-order valence-corrected chi connectivity index (χ1v) is 17.6. The number of benzene rings is 7. The van der Waals surface area contributed by atoms with Crippen molar-refractivity contribution in [3.05, 3.63) is 170 Å². The molecule has 3 heterocycles. The molecule has 0 unspecified atom stereocenters. The highest BCUT2D eigenvalue weighted by Gasteiger charge is 2.22. The highest BCUT2D eigenvalue weighted by Crippen LogP contribution is 2.45. The van der Waals surface area contributed by atoms with Gasteiger partial charge in [0.25, 0.3) is 0 Å². The van der Waals surface area contributed by atoms with E-state index < -0.39 is 0 Å². The first-order valence-electron chi connectivity index (χ1n) is 16.8. The monoisotopic (exact) mass is 674 g/mol. The highest BCUT2D eigenvalue weighted by atomic mass is 32.1. The third-order valence-electron chi connectivity index (χ3n) is 9.54. The van der Waals surface area contributed by atoms with Gasteiger partial charge in [-0.3, -0.25) is 0 Å². The standard InChI is InChI=1S/C45H27FN4S/c46-37-20-10-7-17-31(37)36-27-30(45-48-43(28-13-3-1-4-14-28)47-44(49-45)29-15-5-2-6-16-29)23-26-39(36)50-38-21-11-8-18-32(38)34-24-25-35-33-19-9-12-22-40(33)51-42(35)41(34)50/h1-27H. The normalized spacial score (nSPS) is 11.6. The molecule has 4 nitrogen and oxygen atoms in total. The summed E-state index contributed by atoms with van der Waals surface area (Å²) in [6.45, 7) is 0. The maximum absolute atomic E-state index is 16.0. The Kier molecular flexibility index (Phi) is 6.82. The second kappa shape index (κ2) is 11.8. The number of para-hydroxylation sites is 1. The van der Waals surface area contributed by atoms with Crippen LogP contribution in [0.5, 0.6) is 0 Å². The van der Waals surface area contributed by atoms with Gasteiger partial charge in [-0.25, -0.2) is 19.3 Å². The van der Waals surface area contributed by atoms with Crippen LogP contribution in [-0.4, -0.2) is 19.5 Å². The Labute approximate surface area is 296 Å². The minimum absolute atomic E-state index is 0.297. The summed E-state index contributed by atoms with van der Waals surface area (Å²) in [4.78, 5) is 14.9. The summed E-state index contributed by atoms with van der Waals surface area (Å²) in [6.07, 6.45) is 0. The minimum atomic E-state index is -0.297. The van der Waals surface area contributed by atoms with E-state index in [1.807, 2.05) is 84.9 Å². The van der Waals surface area contributed by atoms with E-state index in [0.717, 1.165) is 49.7 Å². The van der Waals surface area contributed by atoms with Crippen molar-refractivity contribution in [3.8, 4) is 51.0 Å². The van der Waals surface area contributed by atoms with E-state index in [9.17, 15) is 0 Å². The van der Waals surface area contributed by atoms with Crippen molar-refractivity contribution in [1.82, 2.24) is 19.5 Å². The summed E-state index contributed by atoms with van der Waals surface area (Å²) in [5.41, 5.74) is 6.84. The molecule has 0 aliphatic heterocycles. The summed E-state index contributed by atoms with van der Waals surface area (Å²) >= 11 is 1.80. The van der Waals surface area contributed by atoms with Crippen LogP contribution in [-0.2, 0) is 0 Å². The van der Waals surface area contributed by atoms with Gasteiger partial charge in [-0.15, -0.1) is 11.3 Å². The molecule has 0 saturated heterocycles. The number of halogens is 1. The van der Waals surface area contributed by atoms with Crippen LogP contribution in [0, 0.1) is 5.82 Å². The number of hydrogen-bond donors (Lipinski definition) is 0. The first-order chi connectivity index (χ1) is 25.2. The molecule has 0 saturated carbocycles. The van der Waals surface area contributed by atoms with Crippen LogP contribution in [0.15, 0.2) is 164 Å². The zero-order valence-electron chi connectivity index (χ0n) is 27.2. The van der Waals surface area contributed by atoms with Gasteiger partial charge < -0.3 is 4.57 Å². The summed E-state index contributed by atoms with van der Waals surface area (Å²) in [5.74, 6) is 1.37. The SMILES string of the molecule is Fc1ccccc1-c1cc(-c2nc(-c3ccccc3)nc(-c3ccccc3)n2)ccc1-n1c2ccccc2c2ccc3c4ccccc4sc3c21. The van der Waals surface area contributed by atoms with E-state index in [-0.39, 0.29) is 5.82 Å². The Balaban J connectivity index is 1.28. The molecular formula is C45H27FN4S. The first kappa shape index (κ1) is 29.4. The van der Waals surface area contributed by atoms with Gasteiger partial charge in [-0.05, 0) is 36.4 Å². The lowest BCUT2D eigenvalue weighted by atomic mass is 9.99. The quantitative estimate of drug-likeness (QED) is 0.182. The number of rotatable bonds is 5. The summed E-state index contributed by atoms with van der Waals surface area (Å²) in [5, 5.41) is 4.75. The maximum Gasteiger partial charge on any atom is 0.164 e. The van der Waals surface area contributed by atoms with Crippen LogP contribution >= 0.6 is 11.3 Å². The van der Waals surface area contributed by atoms with E-state index in [4.69, 9.17) is 15.0 Å². The molecule has 10 aromatic rings. The largest absolute Gasteiger partial charge is 0.307 e. The van der Waals surface area contributed by atoms with Crippen molar-refractivity contribution in [1.29, 1.82) is 0 Å². The van der Waals surface area contributed by atoms with Gasteiger partial charge >= 0.3 is 0 Å². The van der Waals surface area contributed by atoms with E-state index in [1.54, 1.807) is 17.4 Å². The summed E-state index contributed by atoms with van der Waals surface area (Å²) < 4.78 is 20.7. The number of thiophene rings is 1. The molecular weight excluding hydrogens is 648 g/mol. The van der Waals surface area contributed by atoms with E-state index >= 15 is 4.39 Å². The average molecular weight is 675 g/mol. The molecule has 0 N–H and O–H groups in total. The molecule has 0 spiro atoms. The third kappa shape index (κ3) is 4.83. The van der Waals surface area contributed by atoms with Crippen molar-refractivity contribution in [2.24, 2.45) is 0 Å². The van der Waals surface area contributed by atoms with Gasteiger partial charge in [0.2, 0.25) is 0 Å². The second-order valence-electron chi connectivity index (χ2n) is 12.5. The van der Waals surface area contributed by atoms with Crippen molar-refractivity contribution in [3.63, 3.8) is 0 Å². The zero-order valence-corrected chi connectivity index (χ0v) is 28.0. The predicted molar refractivity (Wildman–Crippen MR) is 209 cm³/mol. The predicted octanol–water partition coefficient (Wildman–Crippen LogP) is 12.1. The van der Waals surface area contributed by atoms with E-state index in [0.29, 0.717) is 23.0 Å². The molecule has 51 heavy (non-hydrogen) atoms. The topological polar surface area (TPSA) is 43.6 Å². The Morgan fingerprint density at radius 3 is 1.76 bits per heavy atom. The van der Waals surface area contributed by atoms with Crippen LogP contribution in [0.25, 0.3) is 93.0 Å². The fraction of sp³-hybridized carbons (Fsp3) is 0. The number of hydrogen-bond acceptors (Lipinski definition) is 4. The number of nitrogens with zero attached hydrogens (tertiary/aromatic N) is 4.